The summed E-state index contributed by atoms with van der Waals surface area (Å²) >= 11 is 0. The monoisotopic (exact) mass is 250 g/mol. The van der Waals surface area contributed by atoms with Crippen LogP contribution in [-0.4, -0.2) is 31.8 Å². The fraction of sp³-hybridized carbons (Fsp3) is 0.462. The number of benzene rings is 1. The lowest BCUT2D eigenvalue weighted by atomic mass is 9.89. The highest BCUT2D eigenvalue weighted by atomic mass is 16.5. The van der Waals surface area contributed by atoms with Gasteiger partial charge in [0.2, 0.25) is 5.91 Å². The highest BCUT2D eigenvalue weighted by Gasteiger charge is 2.38. The first kappa shape index (κ1) is 12.7. The minimum Gasteiger partial charge on any atom is -0.497 e. The van der Waals surface area contributed by atoms with Crippen molar-refractivity contribution >= 4 is 11.6 Å². The SMILES string of the molecule is COc1ccc(NC2(C(N)=O)CCOCC2)cc1. The van der Waals surface area contributed by atoms with Gasteiger partial charge in [0.05, 0.1) is 7.11 Å². The van der Waals surface area contributed by atoms with Gasteiger partial charge in [-0.05, 0) is 24.3 Å². The van der Waals surface area contributed by atoms with Crippen LogP contribution in [0.25, 0.3) is 0 Å². The zero-order valence-corrected chi connectivity index (χ0v) is 10.4. The quantitative estimate of drug-likeness (QED) is 0.840. The molecule has 2 rings (SSSR count). The molecule has 0 spiro atoms. The normalized spacial score (nSPS) is 18.1. The van der Waals surface area contributed by atoms with Gasteiger partial charge in [0.1, 0.15) is 11.3 Å². The lowest BCUT2D eigenvalue weighted by Crippen LogP contribution is -2.53. The van der Waals surface area contributed by atoms with Crippen LogP contribution in [0.2, 0.25) is 0 Å². The van der Waals surface area contributed by atoms with E-state index in [-0.39, 0.29) is 5.91 Å². The van der Waals surface area contributed by atoms with Gasteiger partial charge in [0.25, 0.3) is 0 Å². The van der Waals surface area contributed by atoms with Crippen LogP contribution < -0.4 is 15.8 Å². The molecule has 0 atom stereocenters. The van der Waals surface area contributed by atoms with Gasteiger partial charge < -0.3 is 20.5 Å². The summed E-state index contributed by atoms with van der Waals surface area (Å²) < 4.78 is 10.4. The van der Waals surface area contributed by atoms with Gasteiger partial charge in [-0.2, -0.15) is 0 Å². The van der Waals surface area contributed by atoms with E-state index in [4.69, 9.17) is 15.2 Å². The van der Waals surface area contributed by atoms with E-state index < -0.39 is 5.54 Å². The third-order valence-corrected chi connectivity index (χ3v) is 3.29. The highest BCUT2D eigenvalue weighted by molar-refractivity contribution is 5.88. The van der Waals surface area contributed by atoms with Gasteiger partial charge in [0, 0.05) is 31.7 Å². The van der Waals surface area contributed by atoms with Crippen molar-refractivity contribution in [2.75, 3.05) is 25.6 Å². The van der Waals surface area contributed by atoms with Gasteiger partial charge in [-0.25, -0.2) is 0 Å². The Kier molecular flexibility index (Phi) is 3.72. The number of nitrogens with two attached hydrogens (primary N) is 1. The van der Waals surface area contributed by atoms with Crippen molar-refractivity contribution in [3.63, 3.8) is 0 Å². The van der Waals surface area contributed by atoms with Crippen LogP contribution in [0, 0.1) is 0 Å². The van der Waals surface area contributed by atoms with E-state index in [1.807, 2.05) is 24.3 Å². The minimum atomic E-state index is -0.702. The number of nitrogens with one attached hydrogen (secondary N) is 1. The third kappa shape index (κ3) is 2.56. The number of anilines is 1. The number of methoxy groups -OCH3 is 1. The molecule has 1 aromatic rings. The molecule has 1 saturated heterocycles. The molecule has 1 fully saturated rings. The Bertz CT molecular complexity index is 411. The second kappa shape index (κ2) is 5.27. The number of carbonyl (C=O) groups excluding carboxylic acids is 1. The van der Waals surface area contributed by atoms with E-state index in [0.29, 0.717) is 26.1 Å². The standard InChI is InChI=1S/C13H18N2O3/c1-17-11-4-2-10(3-5-11)15-13(12(14)16)6-8-18-9-7-13/h2-5,15H,6-9H2,1H3,(H2,14,16). The van der Waals surface area contributed by atoms with Crippen LogP contribution in [0.1, 0.15) is 12.8 Å². The van der Waals surface area contributed by atoms with Crippen molar-refractivity contribution in [2.45, 2.75) is 18.4 Å². The number of carbonyl (C=O) groups is 1. The summed E-state index contributed by atoms with van der Waals surface area (Å²) in [5.74, 6) is 0.447. The number of hydrogen-bond acceptors (Lipinski definition) is 4. The molecule has 0 aromatic heterocycles. The summed E-state index contributed by atoms with van der Waals surface area (Å²) in [6.45, 7) is 1.10. The van der Waals surface area contributed by atoms with Crippen molar-refractivity contribution in [1.29, 1.82) is 0 Å². The van der Waals surface area contributed by atoms with Gasteiger partial charge in [-0.3, -0.25) is 4.79 Å². The molecule has 1 amide bonds. The highest BCUT2D eigenvalue weighted by Crippen LogP contribution is 2.26. The fourth-order valence-corrected chi connectivity index (χ4v) is 2.10. The van der Waals surface area contributed by atoms with Crippen LogP contribution in [0.5, 0.6) is 5.75 Å². The third-order valence-electron chi connectivity index (χ3n) is 3.29. The summed E-state index contributed by atoms with van der Waals surface area (Å²) in [6.07, 6.45) is 1.18. The molecule has 0 saturated carbocycles. The maximum Gasteiger partial charge on any atom is 0.243 e. The second-order valence-electron chi connectivity index (χ2n) is 4.41. The van der Waals surface area contributed by atoms with E-state index >= 15 is 0 Å². The Labute approximate surface area is 106 Å². The van der Waals surface area contributed by atoms with Crippen LogP contribution in [0.3, 0.4) is 0 Å². The predicted molar refractivity (Wildman–Crippen MR) is 68.6 cm³/mol. The van der Waals surface area contributed by atoms with E-state index in [1.165, 1.54) is 0 Å². The van der Waals surface area contributed by atoms with Gasteiger partial charge >= 0.3 is 0 Å². The molecular weight excluding hydrogens is 232 g/mol. The Morgan fingerprint density at radius 1 is 1.33 bits per heavy atom. The minimum absolute atomic E-state index is 0.332. The second-order valence-corrected chi connectivity index (χ2v) is 4.41. The first-order valence-corrected chi connectivity index (χ1v) is 5.96. The summed E-state index contributed by atoms with van der Waals surface area (Å²) in [5, 5.41) is 3.24. The zero-order valence-electron chi connectivity index (χ0n) is 10.4. The van der Waals surface area contributed by atoms with E-state index in [2.05, 4.69) is 5.32 Å². The molecule has 1 aromatic carbocycles. The molecule has 1 aliphatic rings. The lowest BCUT2D eigenvalue weighted by molar-refractivity contribution is -0.125. The first-order valence-electron chi connectivity index (χ1n) is 5.96. The molecule has 5 heteroatoms. The van der Waals surface area contributed by atoms with Gasteiger partial charge in [-0.1, -0.05) is 0 Å². The van der Waals surface area contributed by atoms with Crippen LogP contribution in [0.15, 0.2) is 24.3 Å². The molecular formula is C13H18N2O3. The average molecular weight is 250 g/mol. The smallest absolute Gasteiger partial charge is 0.243 e. The van der Waals surface area contributed by atoms with Gasteiger partial charge in [-0.15, -0.1) is 0 Å². The summed E-state index contributed by atoms with van der Waals surface area (Å²) in [5.41, 5.74) is 5.68. The molecule has 3 N–H and O–H groups in total. The van der Waals surface area contributed by atoms with E-state index in [0.717, 1.165) is 11.4 Å². The topological polar surface area (TPSA) is 73.6 Å². The summed E-state index contributed by atoms with van der Waals surface area (Å²) in [7, 11) is 1.62. The molecule has 5 nitrogen and oxygen atoms in total. The maximum atomic E-state index is 11.7. The molecule has 0 radical (unpaired) electrons. The first-order chi connectivity index (χ1) is 8.66. The number of rotatable bonds is 4. The predicted octanol–water partition coefficient (Wildman–Crippen LogP) is 1.14. The van der Waals surface area contributed by atoms with Crippen LogP contribution in [0.4, 0.5) is 5.69 Å². The van der Waals surface area contributed by atoms with Crippen molar-refractivity contribution in [2.24, 2.45) is 5.73 Å². The summed E-state index contributed by atoms with van der Waals surface area (Å²) in [4.78, 5) is 11.7. The Hall–Kier alpha value is -1.75. The molecule has 1 heterocycles. The largest absolute Gasteiger partial charge is 0.497 e. The number of amides is 1. The van der Waals surface area contributed by atoms with Crippen molar-refractivity contribution in [3.8, 4) is 5.75 Å². The van der Waals surface area contributed by atoms with Crippen LogP contribution in [-0.2, 0) is 9.53 Å². The van der Waals surface area contributed by atoms with E-state index in [1.54, 1.807) is 7.11 Å². The van der Waals surface area contributed by atoms with Gasteiger partial charge in [0.15, 0.2) is 0 Å². The van der Waals surface area contributed by atoms with Crippen LogP contribution >= 0.6 is 0 Å². The lowest BCUT2D eigenvalue weighted by Gasteiger charge is -2.35. The van der Waals surface area contributed by atoms with Crippen molar-refractivity contribution in [3.05, 3.63) is 24.3 Å². The Morgan fingerprint density at radius 2 is 1.94 bits per heavy atom. The van der Waals surface area contributed by atoms with Crippen molar-refractivity contribution < 1.29 is 14.3 Å². The molecule has 0 bridgehead atoms. The van der Waals surface area contributed by atoms with E-state index in [9.17, 15) is 4.79 Å². The number of hydrogen-bond donors (Lipinski definition) is 2. The Balaban J connectivity index is 2.15. The number of ether oxygens (including phenoxy) is 2. The average Bonchev–Trinajstić information content (AvgIpc) is 2.40. The summed E-state index contributed by atoms with van der Waals surface area (Å²) in [6, 6.07) is 7.44. The fourth-order valence-electron chi connectivity index (χ4n) is 2.10. The molecule has 0 aliphatic carbocycles. The zero-order chi connectivity index (χ0) is 13.0. The number of primary amides is 1. The molecule has 98 valence electrons. The molecule has 18 heavy (non-hydrogen) atoms. The molecule has 1 aliphatic heterocycles. The maximum absolute atomic E-state index is 11.7. The van der Waals surface area contributed by atoms with Crippen molar-refractivity contribution in [1.82, 2.24) is 0 Å². The Morgan fingerprint density at radius 3 is 2.44 bits per heavy atom. The molecule has 0 unspecified atom stereocenters.